The molecule has 2 aromatic carbocycles. The monoisotopic (exact) mass is 564 g/mol. The number of nitrogens with zero attached hydrogens (tertiary/aromatic N) is 3. The Morgan fingerprint density at radius 3 is 2.03 bits per heavy atom. The predicted octanol–water partition coefficient (Wildman–Crippen LogP) is 6.85. The van der Waals surface area contributed by atoms with Gasteiger partial charge in [-0.1, -0.05) is 40.3 Å². The zero-order valence-electron chi connectivity index (χ0n) is 22.6. The number of likely N-dealkylation sites (tertiary alicyclic amines) is 1. The Morgan fingerprint density at radius 2 is 1.49 bits per heavy atom. The first-order valence-electron chi connectivity index (χ1n) is 13.4. The number of nitrogens with one attached hydrogen (secondary N) is 1. The lowest BCUT2D eigenvalue weighted by Gasteiger charge is -2.37. The normalized spacial score (nSPS) is 17.6. The second-order valence-corrected chi connectivity index (χ2v) is 12.4. The number of hydrogen-bond acceptors (Lipinski definition) is 5. The van der Waals surface area contributed by atoms with Crippen molar-refractivity contribution in [3.63, 3.8) is 0 Å². The molecule has 2 aromatic rings. The SMILES string of the molecule is C.CC(C)(C)c1ccc(N2CCN(CCC(=O)N3CCC(Nc4ccc(SC(F)(F)F)cc4)CC3)CC2)cc1. The van der Waals surface area contributed by atoms with Crippen LogP contribution in [0.25, 0.3) is 0 Å². The van der Waals surface area contributed by atoms with Crippen LogP contribution in [0.15, 0.2) is 53.4 Å². The van der Waals surface area contributed by atoms with E-state index in [2.05, 4.69) is 60.2 Å². The van der Waals surface area contributed by atoms with Crippen LogP contribution >= 0.6 is 11.8 Å². The Balaban J connectivity index is 0.00000420. The molecule has 0 spiro atoms. The van der Waals surface area contributed by atoms with E-state index >= 15 is 0 Å². The maximum Gasteiger partial charge on any atom is 0.446 e. The number of carbonyl (C=O) groups is 1. The van der Waals surface area contributed by atoms with E-state index in [9.17, 15) is 18.0 Å². The standard InChI is InChI=1S/C29H39F3N4OS.CH4/c1-28(2,3)22-4-8-25(9-5-22)35-20-18-34(19-21-35)15-14-27(37)36-16-12-24(13-17-36)33-23-6-10-26(11-7-23)38-29(30,31)32;/h4-11,24,33H,12-21H2,1-3H3;1H4. The fraction of sp³-hybridized carbons (Fsp3) is 0.567. The van der Waals surface area contributed by atoms with Crippen LogP contribution in [0.3, 0.4) is 0 Å². The van der Waals surface area contributed by atoms with Crippen molar-refractivity contribution in [1.29, 1.82) is 0 Å². The molecule has 1 amide bonds. The van der Waals surface area contributed by atoms with E-state index in [4.69, 9.17) is 0 Å². The molecule has 1 N–H and O–H groups in total. The van der Waals surface area contributed by atoms with Crippen molar-refractivity contribution in [3.8, 4) is 0 Å². The molecular weight excluding hydrogens is 521 g/mol. The first-order valence-corrected chi connectivity index (χ1v) is 14.3. The fourth-order valence-electron chi connectivity index (χ4n) is 5.08. The number of piperazine rings is 1. The van der Waals surface area contributed by atoms with Crippen LogP contribution in [0.4, 0.5) is 24.5 Å². The van der Waals surface area contributed by atoms with E-state index in [1.54, 1.807) is 12.1 Å². The number of anilines is 2. The molecule has 9 heteroatoms. The van der Waals surface area contributed by atoms with Crippen LogP contribution in [0.5, 0.6) is 0 Å². The minimum absolute atomic E-state index is 0. The Morgan fingerprint density at radius 1 is 0.897 bits per heavy atom. The van der Waals surface area contributed by atoms with Gasteiger partial charge in [0.15, 0.2) is 0 Å². The number of thioether (sulfide) groups is 1. The zero-order valence-corrected chi connectivity index (χ0v) is 23.4. The van der Waals surface area contributed by atoms with Crippen molar-refractivity contribution in [2.75, 3.05) is 56.0 Å². The molecule has 2 fully saturated rings. The first-order chi connectivity index (χ1) is 18.0. The number of halogens is 3. The number of piperidine rings is 1. The number of alkyl halides is 3. The minimum atomic E-state index is -4.28. The Labute approximate surface area is 236 Å². The molecule has 4 rings (SSSR count). The first kappa shape index (κ1) is 31.1. The van der Waals surface area contributed by atoms with E-state index in [0.29, 0.717) is 19.5 Å². The lowest BCUT2D eigenvalue weighted by molar-refractivity contribution is -0.132. The van der Waals surface area contributed by atoms with Crippen LogP contribution < -0.4 is 10.2 Å². The minimum Gasteiger partial charge on any atom is -0.382 e. The summed E-state index contributed by atoms with van der Waals surface area (Å²) < 4.78 is 37.5. The summed E-state index contributed by atoms with van der Waals surface area (Å²) in [4.78, 5) is 19.8. The number of benzene rings is 2. The Bertz CT molecular complexity index is 1040. The van der Waals surface area contributed by atoms with Gasteiger partial charge in [0.05, 0.1) is 0 Å². The van der Waals surface area contributed by atoms with E-state index < -0.39 is 5.51 Å². The molecule has 0 radical (unpaired) electrons. The highest BCUT2D eigenvalue weighted by Gasteiger charge is 2.29. The molecule has 0 unspecified atom stereocenters. The molecule has 2 heterocycles. The van der Waals surface area contributed by atoms with Gasteiger partial charge < -0.3 is 15.1 Å². The molecule has 39 heavy (non-hydrogen) atoms. The van der Waals surface area contributed by atoms with Crippen molar-refractivity contribution in [3.05, 3.63) is 54.1 Å². The second-order valence-electron chi connectivity index (χ2n) is 11.2. The van der Waals surface area contributed by atoms with Gasteiger partial charge in [0, 0.05) is 74.5 Å². The quantitative estimate of drug-likeness (QED) is 0.373. The van der Waals surface area contributed by atoms with Gasteiger partial charge >= 0.3 is 5.51 Å². The lowest BCUT2D eigenvalue weighted by Crippen LogP contribution is -2.48. The molecule has 216 valence electrons. The molecule has 0 aromatic heterocycles. The van der Waals surface area contributed by atoms with E-state index in [1.165, 1.54) is 23.4 Å². The highest BCUT2D eigenvalue weighted by Crippen LogP contribution is 2.37. The molecular formula is C30H43F3N4OS. The van der Waals surface area contributed by atoms with Crippen LogP contribution in [0, 0.1) is 0 Å². The van der Waals surface area contributed by atoms with Gasteiger partial charge in [-0.2, -0.15) is 13.2 Å². The molecule has 5 nitrogen and oxygen atoms in total. The third kappa shape index (κ3) is 9.34. The molecule has 2 saturated heterocycles. The van der Waals surface area contributed by atoms with Crippen molar-refractivity contribution in [1.82, 2.24) is 9.80 Å². The third-order valence-corrected chi connectivity index (χ3v) is 8.16. The molecule has 0 bridgehead atoms. The highest BCUT2D eigenvalue weighted by molar-refractivity contribution is 8.00. The summed E-state index contributed by atoms with van der Waals surface area (Å²) in [5, 5.41) is 3.40. The maximum atomic E-state index is 12.8. The number of rotatable bonds is 7. The van der Waals surface area contributed by atoms with Crippen LogP contribution in [0.2, 0.25) is 0 Å². The summed E-state index contributed by atoms with van der Waals surface area (Å²) in [5.74, 6) is 0.206. The predicted molar refractivity (Wildman–Crippen MR) is 157 cm³/mol. The number of amides is 1. The van der Waals surface area contributed by atoms with Crippen LogP contribution in [-0.4, -0.2) is 73.1 Å². The Hall–Kier alpha value is -2.39. The summed E-state index contributed by atoms with van der Waals surface area (Å²) >= 11 is -0.104. The van der Waals surface area contributed by atoms with Gasteiger partial charge in [0.1, 0.15) is 0 Å². The average molecular weight is 565 g/mol. The molecule has 0 saturated carbocycles. The molecule has 0 atom stereocenters. The van der Waals surface area contributed by atoms with E-state index in [0.717, 1.165) is 51.3 Å². The van der Waals surface area contributed by atoms with Crippen LogP contribution in [-0.2, 0) is 10.2 Å². The van der Waals surface area contributed by atoms with E-state index in [-0.39, 0.29) is 41.4 Å². The lowest BCUT2D eigenvalue weighted by atomic mass is 9.87. The fourth-order valence-corrected chi connectivity index (χ4v) is 5.61. The van der Waals surface area contributed by atoms with Gasteiger partial charge in [0.2, 0.25) is 5.91 Å². The van der Waals surface area contributed by atoms with Crippen molar-refractivity contribution < 1.29 is 18.0 Å². The summed E-state index contributed by atoms with van der Waals surface area (Å²) in [5.41, 5.74) is -0.701. The van der Waals surface area contributed by atoms with E-state index in [1.807, 2.05) is 4.90 Å². The van der Waals surface area contributed by atoms with Crippen molar-refractivity contribution >= 4 is 29.0 Å². The second kappa shape index (κ2) is 13.3. The average Bonchev–Trinajstić information content (AvgIpc) is 2.88. The zero-order chi connectivity index (χ0) is 27.3. The summed E-state index contributed by atoms with van der Waals surface area (Å²) in [7, 11) is 0. The molecule has 0 aliphatic carbocycles. The molecule has 2 aliphatic heterocycles. The summed E-state index contributed by atoms with van der Waals surface area (Å²) in [6, 6.07) is 15.5. The number of hydrogen-bond donors (Lipinski definition) is 1. The third-order valence-electron chi connectivity index (χ3n) is 7.42. The van der Waals surface area contributed by atoms with Gasteiger partial charge in [-0.05, 0) is 72.0 Å². The van der Waals surface area contributed by atoms with Crippen molar-refractivity contribution in [2.24, 2.45) is 0 Å². The summed E-state index contributed by atoms with van der Waals surface area (Å²) in [6.45, 7) is 12.7. The Kier molecular flexibility index (Phi) is 10.6. The topological polar surface area (TPSA) is 38.8 Å². The van der Waals surface area contributed by atoms with Gasteiger partial charge in [-0.15, -0.1) is 0 Å². The van der Waals surface area contributed by atoms with Gasteiger partial charge in [-0.3, -0.25) is 9.69 Å². The van der Waals surface area contributed by atoms with Crippen LogP contribution in [0.1, 0.15) is 53.0 Å². The van der Waals surface area contributed by atoms with Crippen molar-refractivity contribution in [2.45, 2.75) is 69.3 Å². The number of carbonyl (C=O) groups excluding carboxylic acids is 1. The van der Waals surface area contributed by atoms with Gasteiger partial charge in [-0.25, -0.2) is 0 Å². The highest BCUT2D eigenvalue weighted by atomic mass is 32.2. The smallest absolute Gasteiger partial charge is 0.382 e. The molecule has 2 aliphatic rings. The largest absolute Gasteiger partial charge is 0.446 e. The maximum absolute atomic E-state index is 12.8. The van der Waals surface area contributed by atoms with Gasteiger partial charge in [0.25, 0.3) is 0 Å². The summed E-state index contributed by atoms with van der Waals surface area (Å²) in [6.07, 6.45) is 2.20.